The summed E-state index contributed by atoms with van der Waals surface area (Å²) in [5, 5.41) is 2.70. The van der Waals surface area contributed by atoms with E-state index in [9.17, 15) is 9.59 Å². The molecule has 2 heterocycles. The van der Waals surface area contributed by atoms with Gasteiger partial charge >= 0.3 is 0 Å². The van der Waals surface area contributed by atoms with Crippen LogP contribution in [0.4, 0.5) is 0 Å². The van der Waals surface area contributed by atoms with Gasteiger partial charge in [0.15, 0.2) is 0 Å². The number of hydrogen-bond donors (Lipinski definition) is 0. The van der Waals surface area contributed by atoms with Crippen LogP contribution in [0.5, 0.6) is 11.5 Å². The van der Waals surface area contributed by atoms with Gasteiger partial charge in [0.1, 0.15) is 24.7 Å². The Hall–Kier alpha value is -3.03. The van der Waals surface area contributed by atoms with Gasteiger partial charge in [-0.25, -0.2) is 0 Å². The third-order valence-corrected chi connectivity index (χ3v) is 7.91. The number of fused-ring (bicyclic) bond motifs is 1. The number of amides is 2. The van der Waals surface area contributed by atoms with Crippen molar-refractivity contribution in [2.24, 2.45) is 0 Å². The van der Waals surface area contributed by atoms with Crippen molar-refractivity contribution in [1.82, 2.24) is 9.80 Å². The number of halogens is 1. The normalized spacial score (nSPS) is 15.7. The van der Waals surface area contributed by atoms with E-state index in [0.717, 1.165) is 18.4 Å². The molecule has 1 aliphatic rings. The number of thiophene rings is 1. The van der Waals surface area contributed by atoms with Gasteiger partial charge < -0.3 is 19.3 Å². The average Bonchev–Trinajstić information content (AvgIpc) is 3.39. The first kappa shape index (κ1) is 26.0. The highest BCUT2D eigenvalue weighted by Gasteiger charge is 2.34. The minimum atomic E-state index is -0.224. The monoisotopic (exact) mass is 526 g/mol. The molecule has 0 saturated heterocycles. The van der Waals surface area contributed by atoms with Crippen LogP contribution in [0.1, 0.15) is 47.1 Å². The van der Waals surface area contributed by atoms with E-state index in [1.54, 1.807) is 59.7 Å². The standard InChI is InChI=1S/C28H31ClN2O4S/c1-4-19(2)31(28(33)20-5-9-22(34-3)10-6-20)17-27(32)30-15-13-26-24(14-16-36-26)25(30)18-35-23-11-7-21(29)8-12-23/h5-12,14,16,19,25H,4,13,15,17-18H2,1-3H3/t19-,25+/m1/s1. The zero-order chi connectivity index (χ0) is 25.7. The maximum Gasteiger partial charge on any atom is 0.254 e. The van der Waals surface area contributed by atoms with Gasteiger partial charge in [-0.05, 0) is 85.3 Å². The Morgan fingerprint density at radius 1 is 1.11 bits per heavy atom. The highest BCUT2D eigenvalue weighted by Crippen LogP contribution is 2.34. The second kappa shape index (κ2) is 11.8. The number of hydrogen-bond acceptors (Lipinski definition) is 5. The third-order valence-electron chi connectivity index (χ3n) is 6.66. The van der Waals surface area contributed by atoms with E-state index in [2.05, 4.69) is 11.4 Å². The Kier molecular flexibility index (Phi) is 8.54. The Morgan fingerprint density at radius 3 is 2.47 bits per heavy atom. The summed E-state index contributed by atoms with van der Waals surface area (Å²) in [6.45, 7) is 4.92. The highest BCUT2D eigenvalue weighted by atomic mass is 35.5. The number of methoxy groups -OCH3 is 1. The van der Waals surface area contributed by atoms with E-state index >= 15 is 0 Å². The van der Waals surface area contributed by atoms with Crippen LogP contribution >= 0.6 is 22.9 Å². The molecule has 4 rings (SSSR count). The van der Waals surface area contributed by atoms with Gasteiger partial charge in [0, 0.05) is 28.0 Å². The maximum absolute atomic E-state index is 13.7. The summed E-state index contributed by atoms with van der Waals surface area (Å²) in [5.74, 6) is 1.13. The summed E-state index contributed by atoms with van der Waals surface area (Å²) < 4.78 is 11.3. The molecule has 0 N–H and O–H groups in total. The molecule has 0 fully saturated rings. The number of ether oxygens (including phenoxy) is 2. The van der Waals surface area contributed by atoms with Crippen molar-refractivity contribution < 1.29 is 19.1 Å². The van der Waals surface area contributed by atoms with Crippen molar-refractivity contribution in [3.05, 3.63) is 81.0 Å². The minimum Gasteiger partial charge on any atom is -0.497 e. The lowest BCUT2D eigenvalue weighted by Gasteiger charge is -2.38. The molecule has 36 heavy (non-hydrogen) atoms. The lowest BCUT2D eigenvalue weighted by Crippen LogP contribution is -2.49. The lowest BCUT2D eigenvalue weighted by molar-refractivity contribution is -0.136. The molecule has 1 aromatic heterocycles. The Bertz CT molecular complexity index is 1180. The van der Waals surface area contributed by atoms with Crippen LogP contribution in [-0.2, 0) is 11.2 Å². The molecular formula is C28H31ClN2O4S. The fraction of sp³-hybridized carbons (Fsp3) is 0.357. The number of carbonyl (C=O) groups is 2. The van der Waals surface area contributed by atoms with E-state index in [4.69, 9.17) is 21.1 Å². The first-order valence-corrected chi connectivity index (χ1v) is 13.4. The van der Waals surface area contributed by atoms with Gasteiger partial charge in [-0.1, -0.05) is 18.5 Å². The van der Waals surface area contributed by atoms with E-state index in [-0.39, 0.29) is 30.4 Å². The molecule has 0 aliphatic carbocycles. The topological polar surface area (TPSA) is 59.1 Å². The Morgan fingerprint density at radius 2 is 1.81 bits per heavy atom. The Balaban J connectivity index is 1.53. The average molecular weight is 527 g/mol. The van der Waals surface area contributed by atoms with Crippen LogP contribution in [0.3, 0.4) is 0 Å². The summed E-state index contributed by atoms with van der Waals surface area (Å²) in [6, 6.07) is 16.0. The number of nitrogens with zero attached hydrogens (tertiary/aromatic N) is 2. The van der Waals surface area contributed by atoms with Gasteiger partial charge in [0.2, 0.25) is 5.91 Å². The maximum atomic E-state index is 13.7. The molecule has 1 aliphatic heterocycles. The molecule has 3 aromatic rings. The van der Waals surface area contributed by atoms with Crippen LogP contribution in [0.15, 0.2) is 60.0 Å². The van der Waals surface area contributed by atoms with E-state index in [0.29, 0.717) is 35.2 Å². The molecule has 0 spiro atoms. The Labute approximate surface area is 221 Å². The van der Waals surface area contributed by atoms with E-state index < -0.39 is 0 Å². The first-order valence-electron chi connectivity index (χ1n) is 12.1. The molecule has 2 aromatic carbocycles. The van der Waals surface area contributed by atoms with Crippen LogP contribution in [-0.4, -0.2) is 54.5 Å². The van der Waals surface area contributed by atoms with Crippen LogP contribution in [0, 0.1) is 0 Å². The molecule has 0 bridgehead atoms. The zero-order valence-corrected chi connectivity index (χ0v) is 22.3. The van der Waals surface area contributed by atoms with Crippen LogP contribution < -0.4 is 9.47 Å². The minimum absolute atomic E-state index is 0.0107. The number of benzene rings is 2. The summed E-state index contributed by atoms with van der Waals surface area (Å²) in [4.78, 5) is 31.9. The smallest absolute Gasteiger partial charge is 0.254 e. The van der Waals surface area contributed by atoms with Crippen molar-refractivity contribution in [3.63, 3.8) is 0 Å². The predicted molar refractivity (Wildman–Crippen MR) is 143 cm³/mol. The van der Waals surface area contributed by atoms with Gasteiger partial charge in [0.05, 0.1) is 13.2 Å². The largest absolute Gasteiger partial charge is 0.497 e. The first-order chi connectivity index (χ1) is 17.4. The molecule has 8 heteroatoms. The second-order valence-electron chi connectivity index (χ2n) is 8.84. The van der Waals surface area contributed by atoms with Crippen LogP contribution in [0.25, 0.3) is 0 Å². The zero-order valence-electron chi connectivity index (χ0n) is 20.8. The highest BCUT2D eigenvalue weighted by molar-refractivity contribution is 7.10. The van der Waals surface area contributed by atoms with Gasteiger partial charge in [-0.3, -0.25) is 9.59 Å². The van der Waals surface area contributed by atoms with Gasteiger partial charge in [0.25, 0.3) is 5.91 Å². The summed E-state index contributed by atoms with van der Waals surface area (Å²) in [7, 11) is 1.59. The molecule has 2 atom stereocenters. The van der Waals surface area contributed by atoms with Gasteiger partial charge in [-0.15, -0.1) is 11.3 Å². The summed E-state index contributed by atoms with van der Waals surface area (Å²) in [6.07, 6.45) is 1.54. The van der Waals surface area contributed by atoms with E-state index in [1.165, 1.54) is 4.88 Å². The van der Waals surface area contributed by atoms with Crippen molar-refractivity contribution in [1.29, 1.82) is 0 Å². The molecule has 6 nitrogen and oxygen atoms in total. The molecule has 0 saturated carbocycles. The van der Waals surface area contributed by atoms with Crippen LogP contribution in [0.2, 0.25) is 5.02 Å². The van der Waals surface area contributed by atoms with Gasteiger partial charge in [-0.2, -0.15) is 0 Å². The van der Waals surface area contributed by atoms with Crippen molar-refractivity contribution >= 4 is 34.8 Å². The fourth-order valence-electron chi connectivity index (χ4n) is 4.36. The lowest BCUT2D eigenvalue weighted by atomic mass is 10.00. The SMILES string of the molecule is CC[C@@H](C)N(CC(=O)N1CCc2sccc2[C@@H]1COc1ccc(Cl)cc1)C(=O)c1ccc(OC)cc1. The predicted octanol–water partition coefficient (Wildman–Crippen LogP) is 5.86. The number of rotatable bonds is 9. The molecule has 0 unspecified atom stereocenters. The summed E-state index contributed by atoms with van der Waals surface area (Å²) >= 11 is 7.71. The molecule has 190 valence electrons. The van der Waals surface area contributed by atoms with Crippen molar-refractivity contribution in [2.45, 2.75) is 38.8 Å². The fourth-order valence-corrected chi connectivity index (χ4v) is 5.42. The molecular weight excluding hydrogens is 496 g/mol. The van der Waals surface area contributed by atoms with E-state index in [1.807, 2.05) is 30.9 Å². The number of carbonyl (C=O) groups excluding carboxylic acids is 2. The second-order valence-corrected chi connectivity index (χ2v) is 10.3. The van der Waals surface area contributed by atoms with Crippen molar-refractivity contribution in [3.8, 4) is 11.5 Å². The third kappa shape index (κ3) is 5.85. The van der Waals surface area contributed by atoms with Crippen molar-refractivity contribution in [2.75, 3.05) is 26.8 Å². The quantitative estimate of drug-likeness (QED) is 0.350. The molecule has 2 amide bonds. The summed E-state index contributed by atoms with van der Waals surface area (Å²) in [5.41, 5.74) is 1.65. The molecule has 0 radical (unpaired) electrons.